The van der Waals surface area contributed by atoms with E-state index in [2.05, 4.69) is 15.2 Å². The summed E-state index contributed by atoms with van der Waals surface area (Å²) in [5.74, 6) is 0.717. The summed E-state index contributed by atoms with van der Waals surface area (Å²) in [6.07, 6.45) is 1.44. The van der Waals surface area contributed by atoms with E-state index in [0.717, 1.165) is 5.69 Å². The van der Waals surface area contributed by atoms with E-state index in [0.29, 0.717) is 11.5 Å². The third-order valence-corrected chi connectivity index (χ3v) is 2.05. The number of rotatable bonds is 1. The molecule has 0 amide bonds. The molecule has 0 saturated heterocycles. The Morgan fingerprint density at radius 1 is 1.47 bits per heavy atom. The Labute approximate surface area is 85.7 Å². The van der Waals surface area contributed by atoms with Crippen LogP contribution in [0.3, 0.4) is 0 Å². The van der Waals surface area contributed by atoms with Crippen molar-refractivity contribution in [3.05, 3.63) is 17.8 Å². The van der Waals surface area contributed by atoms with Gasteiger partial charge in [-0.05, 0) is 6.92 Å². The highest BCUT2D eigenvalue weighted by atomic mass is 15.4. The van der Waals surface area contributed by atoms with Gasteiger partial charge in [-0.15, -0.1) is 5.10 Å². The number of nitrogen functional groups attached to an aromatic ring is 1. The van der Waals surface area contributed by atoms with Crippen molar-refractivity contribution < 1.29 is 0 Å². The van der Waals surface area contributed by atoms with E-state index in [1.54, 1.807) is 18.7 Å². The first-order valence-electron chi connectivity index (χ1n) is 4.24. The lowest BCUT2D eigenvalue weighted by atomic mass is 10.4. The average Bonchev–Trinajstić information content (AvgIpc) is 2.74. The molecule has 0 unspecified atom stereocenters. The maximum atomic E-state index is 8.60. The molecular weight excluding hydrogens is 194 g/mol. The highest BCUT2D eigenvalue weighted by Crippen LogP contribution is 2.18. The van der Waals surface area contributed by atoms with Crippen LogP contribution in [0.5, 0.6) is 0 Å². The second kappa shape index (κ2) is 3.09. The van der Waals surface area contributed by atoms with Crippen molar-refractivity contribution in [2.24, 2.45) is 7.05 Å². The molecule has 0 aliphatic rings. The molecule has 2 rings (SSSR count). The van der Waals surface area contributed by atoms with Crippen LogP contribution >= 0.6 is 0 Å². The Morgan fingerprint density at radius 2 is 2.20 bits per heavy atom. The predicted molar refractivity (Wildman–Crippen MR) is 52.0 cm³/mol. The highest BCUT2D eigenvalue weighted by Gasteiger charge is 2.13. The summed E-state index contributed by atoms with van der Waals surface area (Å²) in [7, 11) is 1.76. The first-order valence-corrected chi connectivity index (χ1v) is 4.24. The summed E-state index contributed by atoms with van der Waals surface area (Å²) in [5.41, 5.74) is 7.09. The second-order valence-electron chi connectivity index (χ2n) is 3.07. The van der Waals surface area contributed by atoms with E-state index in [-0.39, 0.29) is 5.82 Å². The normalized spacial score (nSPS) is 10.2. The second-order valence-corrected chi connectivity index (χ2v) is 3.07. The fourth-order valence-corrected chi connectivity index (χ4v) is 1.35. The van der Waals surface area contributed by atoms with Crippen molar-refractivity contribution in [3.63, 3.8) is 0 Å². The summed E-state index contributed by atoms with van der Waals surface area (Å²) in [6, 6.07) is 1.85. The van der Waals surface area contributed by atoms with Gasteiger partial charge in [-0.2, -0.15) is 15.0 Å². The van der Waals surface area contributed by atoms with Crippen molar-refractivity contribution in [1.82, 2.24) is 24.5 Å². The summed E-state index contributed by atoms with van der Waals surface area (Å²) in [4.78, 5) is 3.80. The van der Waals surface area contributed by atoms with Crippen LogP contribution in [0.4, 0.5) is 5.69 Å². The maximum absolute atomic E-state index is 8.60. The summed E-state index contributed by atoms with van der Waals surface area (Å²) in [6.45, 7) is 1.81. The largest absolute Gasteiger partial charge is 0.394 e. The molecular formula is C8H9N7. The van der Waals surface area contributed by atoms with E-state index in [1.165, 1.54) is 11.0 Å². The van der Waals surface area contributed by atoms with Crippen LogP contribution in [-0.4, -0.2) is 24.5 Å². The number of anilines is 1. The van der Waals surface area contributed by atoms with Crippen molar-refractivity contribution >= 4 is 5.69 Å². The number of aryl methyl sites for hydroxylation is 2. The van der Waals surface area contributed by atoms with Gasteiger partial charge in [0.15, 0.2) is 5.82 Å². The highest BCUT2D eigenvalue weighted by molar-refractivity contribution is 5.56. The minimum atomic E-state index is 0.105. The molecule has 0 aliphatic carbocycles. The first-order chi connectivity index (χ1) is 7.13. The minimum Gasteiger partial charge on any atom is -0.394 e. The number of nitrogens with zero attached hydrogens (tertiary/aromatic N) is 6. The molecule has 15 heavy (non-hydrogen) atoms. The lowest BCUT2D eigenvalue weighted by Crippen LogP contribution is -2.05. The number of nitriles is 1. The SMILES string of the molecule is Cc1nn(C)c(-n2cnc(C#N)n2)c1N. The van der Waals surface area contributed by atoms with E-state index >= 15 is 0 Å². The van der Waals surface area contributed by atoms with Crippen LogP contribution in [0.1, 0.15) is 11.5 Å². The van der Waals surface area contributed by atoms with E-state index in [4.69, 9.17) is 11.0 Å². The smallest absolute Gasteiger partial charge is 0.252 e. The molecule has 0 aliphatic heterocycles. The molecule has 2 N–H and O–H groups in total. The van der Waals surface area contributed by atoms with Gasteiger partial charge in [0.2, 0.25) is 0 Å². The number of hydrogen-bond acceptors (Lipinski definition) is 5. The van der Waals surface area contributed by atoms with Crippen molar-refractivity contribution in [3.8, 4) is 11.9 Å². The lowest BCUT2D eigenvalue weighted by molar-refractivity contribution is 0.693. The number of aromatic nitrogens is 5. The lowest BCUT2D eigenvalue weighted by Gasteiger charge is -2.00. The van der Waals surface area contributed by atoms with E-state index < -0.39 is 0 Å². The van der Waals surface area contributed by atoms with Gasteiger partial charge in [0.1, 0.15) is 12.4 Å². The average molecular weight is 203 g/mol. The molecule has 0 fully saturated rings. The van der Waals surface area contributed by atoms with E-state index in [1.807, 2.05) is 6.07 Å². The summed E-state index contributed by atoms with van der Waals surface area (Å²) in [5, 5.41) is 16.7. The number of hydrogen-bond donors (Lipinski definition) is 1. The Hall–Kier alpha value is -2.36. The predicted octanol–water partition coefficient (Wildman–Crippen LogP) is -0.237. The van der Waals surface area contributed by atoms with Crippen molar-refractivity contribution in [2.45, 2.75) is 6.92 Å². The molecule has 0 bridgehead atoms. The molecule has 0 spiro atoms. The fraction of sp³-hybridized carbons (Fsp3) is 0.250. The molecule has 0 saturated carbocycles. The molecule has 7 heteroatoms. The van der Waals surface area contributed by atoms with Crippen LogP contribution in [0.15, 0.2) is 6.33 Å². The van der Waals surface area contributed by atoms with Crippen LogP contribution in [0.2, 0.25) is 0 Å². The summed E-state index contributed by atoms with van der Waals surface area (Å²) >= 11 is 0. The molecule has 2 aromatic heterocycles. The standard InChI is InChI=1S/C8H9N7/c1-5-7(10)8(14(2)12-5)15-4-11-6(3-9)13-15/h4H,10H2,1-2H3. The number of nitrogens with two attached hydrogens (primary N) is 1. The van der Waals surface area contributed by atoms with Crippen LogP contribution < -0.4 is 5.73 Å². The topological polar surface area (TPSA) is 98.3 Å². The molecule has 76 valence electrons. The molecule has 2 heterocycles. The van der Waals surface area contributed by atoms with Crippen LogP contribution in [0, 0.1) is 18.3 Å². The Kier molecular flexibility index (Phi) is 1.90. The van der Waals surface area contributed by atoms with Gasteiger partial charge in [0, 0.05) is 7.05 Å². The zero-order valence-corrected chi connectivity index (χ0v) is 8.34. The fourth-order valence-electron chi connectivity index (χ4n) is 1.35. The van der Waals surface area contributed by atoms with Crippen molar-refractivity contribution in [1.29, 1.82) is 5.26 Å². The Balaban J connectivity index is 2.59. The monoisotopic (exact) mass is 203 g/mol. The van der Waals surface area contributed by atoms with Gasteiger partial charge in [-0.1, -0.05) is 0 Å². The summed E-state index contributed by atoms with van der Waals surface area (Å²) < 4.78 is 3.04. The van der Waals surface area contributed by atoms with Gasteiger partial charge in [0.05, 0.1) is 11.4 Å². The van der Waals surface area contributed by atoms with Crippen LogP contribution in [0.25, 0.3) is 5.82 Å². The van der Waals surface area contributed by atoms with Gasteiger partial charge in [-0.3, -0.25) is 0 Å². The molecule has 0 atom stereocenters. The minimum absolute atomic E-state index is 0.105. The van der Waals surface area contributed by atoms with Gasteiger partial charge in [-0.25, -0.2) is 9.67 Å². The van der Waals surface area contributed by atoms with Crippen molar-refractivity contribution in [2.75, 3.05) is 5.73 Å². The first kappa shape index (κ1) is 9.21. The zero-order chi connectivity index (χ0) is 11.0. The Bertz CT molecular complexity index is 542. The quantitative estimate of drug-likeness (QED) is 0.689. The third-order valence-electron chi connectivity index (χ3n) is 2.05. The maximum Gasteiger partial charge on any atom is 0.252 e. The molecule has 0 radical (unpaired) electrons. The molecule has 7 nitrogen and oxygen atoms in total. The zero-order valence-electron chi connectivity index (χ0n) is 8.34. The van der Waals surface area contributed by atoms with Gasteiger partial charge >= 0.3 is 0 Å². The van der Waals surface area contributed by atoms with E-state index in [9.17, 15) is 0 Å². The van der Waals surface area contributed by atoms with Crippen LogP contribution in [-0.2, 0) is 7.05 Å². The van der Waals surface area contributed by atoms with Gasteiger partial charge in [0.25, 0.3) is 5.82 Å². The Morgan fingerprint density at radius 3 is 2.67 bits per heavy atom. The van der Waals surface area contributed by atoms with Gasteiger partial charge < -0.3 is 5.73 Å². The molecule has 2 aromatic rings. The third kappa shape index (κ3) is 1.32. The molecule has 0 aromatic carbocycles.